The summed E-state index contributed by atoms with van der Waals surface area (Å²) < 4.78 is 44.0. The molecule has 1 N–H and O–H groups in total. The lowest BCUT2D eigenvalue weighted by Crippen LogP contribution is -2.42. The highest BCUT2D eigenvalue weighted by Crippen LogP contribution is 2.34. The van der Waals surface area contributed by atoms with Gasteiger partial charge >= 0.3 is 12.1 Å². The fourth-order valence-electron chi connectivity index (χ4n) is 3.21. The minimum absolute atomic E-state index is 0.0352. The summed E-state index contributed by atoms with van der Waals surface area (Å²) >= 11 is 6.24. The van der Waals surface area contributed by atoms with Crippen LogP contribution in [0, 0.1) is 0 Å². The first-order valence-electron chi connectivity index (χ1n) is 9.25. The van der Waals surface area contributed by atoms with E-state index >= 15 is 0 Å². The molecule has 0 bridgehead atoms. The molecular formula is C20H19ClF3N3O3. The number of nitrogens with zero attached hydrogens (tertiary/aromatic N) is 2. The molecule has 1 aromatic heterocycles. The molecule has 2 amide bonds. The van der Waals surface area contributed by atoms with Gasteiger partial charge in [0.05, 0.1) is 11.6 Å². The summed E-state index contributed by atoms with van der Waals surface area (Å²) in [4.78, 5) is 28.3. The van der Waals surface area contributed by atoms with Crippen LogP contribution in [-0.2, 0) is 17.6 Å². The Balaban J connectivity index is 1.62. The van der Waals surface area contributed by atoms with Gasteiger partial charge in [-0.2, -0.15) is 13.2 Å². The number of ether oxygens (including phenoxy) is 1. The van der Waals surface area contributed by atoms with Crippen LogP contribution in [0.3, 0.4) is 0 Å². The monoisotopic (exact) mass is 441 g/mol. The van der Waals surface area contributed by atoms with Crippen molar-refractivity contribution in [3.05, 3.63) is 58.4 Å². The predicted molar refractivity (Wildman–Crippen MR) is 104 cm³/mol. The fourth-order valence-corrected chi connectivity index (χ4v) is 3.44. The van der Waals surface area contributed by atoms with Crippen LogP contribution in [0.5, 0.6) is 5.75 Å². The highest BCUT2D eigenvalue weighted by atomic mass is 35.5. The molecule has 0 spiro atoms. The molecule has 1 aromatic carbocycles. The molecule has 6 nitrogen and oxygen atoms in total. The minimum Gasteiger partial charge on any atom is -0.490 e. The van der Waals surface area contributed by atoms with E-state index in [-0.39, 0.29) is 50.7 Å². The van der Waals surface area contributed by atoms with Crippen LogP contribution < -0.4 is 10.1 Å². The molecule has 0 aliphatic carbocycles. The second kappa shape index (κ2) is 9.34. The number of fused-ring (bicyclic) bond motifs is 1. The second-order valence-corrected chi connectivity index (χ2v) is 7.03. The number of amides is 2. The van der Waals surface area contributed by atoms with Crippen molar-refractivity contribution in [1.29, 1.82) is 0 Å². The molecule has 10 heteroatoms. The van der Waals surface area contributed by atoms with Crippen molar-refractivity contribution in [1.82, 2.24) is 15.2 Å². The maximum atomic E-state index is 12.8. The molecule has 0 saturated heterocycles. The molecule has 1 aliphatic heterocycles. The average molecular weight is 442 g/mol. The van der Waals surface area contributed by atoms with Crippen molar-refractivity contribution in [2.24, 2.45) is 0 Å². The van der Waals surface area contributed by atoms with Gasteiger partial charge in [-0.25, -0.2) is 0 Å². The van der Waals surface area contributed by atoms with E-state index in [1.54, 1.807) is 30.3 Å². The van der Waals surface area contributed by atoms with Crippen molar-refractivity contribution in [2.75, 3.05) is 26.2 Å². The Morgan fingerprint density at radius 1 is 1.17 bits per heavy atom. The fraction of sp³-hybridized carbons (Fsp3) is 0.350. The van der Waals surface area contributed by atoms with Crippen molar-refractivity contribution < 1.29 is 27.5 Å². The topological polar surface area (TPSA) is 71.5 Å². The number of hydrogen-bond donors (Lipinski definition) is 1. The first-order valence-corrected chi connectivity index (χ1v) is 9.63. The standard InChI is InChI=1S/C20H19ClF3N3O3/c21-15-5-4-13-6-10-27(19(29)20(22,23)24)11-7-14(13)17(15)30-12-9-26-18(28)16-3-1-2-8-25-16/h1-5,8H,6-7,9-12H2,(H,26,28). The Bertz CT molecular complexity index is 923. The molecule has 1 aliphatic rings. The van der Waals surface area contributed by atoms with Crippen LogP contribution in [0.2, 0.25) is 5.02 Å². The Morgan fingerprint density at radius 3 is 2.63 bits per heavy atom. The number of nitrogens with one attached hydrogen (secondary N) is 1. The van der Waals surface area contributed by atoms with Crippen molar-refractivity contribution in [2.45, 2.75) is 19.0 Å². The van der Waals surface area contributed by atoms with Crippen molar-refractivity contribution in [3.63, 3.8) is 0 Å². The van der Waals surface area contributed by atoms with Gasteiger partial charge in [0.25, 0.3) is 5.91 Å². The molecule has 0 radical (unpaired) electrons. The molecule has 0 fully saturated rings. The van der Waals surface area contributed by atoms with Gasteiger partial charge in [-0.1, -0.05) is 23.7 Å². The van der Waals surface area contributed by atoms with Gasteiger partial charge in [0, 0.05) is 24.8 Å². The molecule has 30 heavy (non-hydrogen) atoms. The SMILES string of the molecule is O=C(NCCOc1c(Cl)ccc2c1CCN(C(=O)C(F)(F)F)CC2)c1ccccn1. The summed E-state index contributed by atoms with van der Waals surface area (Å²) in [6, 6.07) is 8.33. The van der Waals surface area contributed by atoms with E-state index in [0.29, 0.717) is 16.3 Å². The number of rotatable bonds is 5. The Hall–Kier alpha value is -2.81. The van der Waals surface area contributed by atoms with E-state index < -0.39 is 12.1 Å². The van der Waals surface area contributed by atoms with E-state index in [2.05, 4.69) is 10.3 Å². The number of carbonyl (C=O) groups excluding carboxylic acids is 2. The van der Waals surface area contributed by atoms with Crippen molar-refractivity contribution >= 4 is 23.4 Å². The number of carbonyl (C=O) groups is 2. The summed E-state index contributed by atoms with van der Waals surface area (Å²) in [5.74, 6) is -1.83. The third kappa shape index (κ3) is 5.21. The van der Waals surface area contributed by atoms with E-state index in [9.17, 15) is 22.8 Å². The predicted octanol–water partition coefficient (Wildman–Crippen LogP) is 3.03. The van der Waals surface area contributed by atoms with Crippen molar-refractivity contribution in [3.8, 4) is 5.75 Å². The molecule has 3 rings (SSSR count). The van der Waals surface area contributed by atoms with E-state index in [1.165, 1.54) is 6.20 Å². The van der Waals surface area contributed by atoms with Gasteiger partial charge in [0.1, 0.15) is 18.1 Å². The Labute approximate surface area is 176 Å². The Kier molecular flexibility index (Phi) is 6.81. The zero-order valence-electron chi connectivity index (χ0n) is 15.8. The quantitative estimate of drug-likeness (QED) is 0.724. The summed E-state index contributed by atoms with van der Waals surface area (Å²) in [6.07, 6.45) is -2.94. The zero-order chi connectivity index (χ0) is 21.7. The molecule has 0 saturated carbocycles. The summed E-state index contributed by atoms with van der Waals surface area (Å²) in [5.41, 5.74) is 1.74. The summed E-state index contributed by atoms with van der Waals surface area (Å²) in [5, 5.41) is 2.99. The molecule has 2 heterocycles. The summed E-state index contributed by atoms with van der Waals surface area (Å²) in [6.45, 7) is 0.180. The first-order chi connectivity index (χ1) is 14.3. The minimum atomic E-state index is -4.90. The number of alkyl halides is 3. The van der Waals surface area contributed by atoms with Gasteiger partial charge in [0.2, 0.25) is 0 Å². The number of benzene rings is 1. The van der Waals surface area contributed by atoms with Crippen LogP contribution in [-0.4, -0.2) is 54.1 Å². The van der Waals surface area contributed by atoms with E-state index in [1.807, 2.05) is 0 Å². The number of halogens is 4. The van der Waals surface area contributed by atoms with Crippen LogP contribution in [0.1, 0.15) is 21.6 Å². The van der Waals surface area contributed by atoms with E-state index in [4.69, 9.17) is 16.3 Å². The van der Waals surface area contributed by atoms with Crippen LogP contribution in [0.25, 0.3) is 0 Å². The van der Waals surface area contributed by atoms with Crippen LogP contribution in [0.15, 0.2) is 36.5 Å². The highest BCUT2D eigenvalue weighted by molar-refractivity contribution is 6.32. The summed E-state index contributed by atoms with van der Waals surface area (Å²) in [7, 11) is 0. The van der Waals surface area contributed by atoms with Crippen LogP contribution >= 0.6 is 11.6 Å². The normalized spacial score (nSPS) is 13.9. The third-order valence-corrected chi connectivity index (χ3v) is 4.95. The molecule has 160 valence electrons. The number of aromatic nitrogens is 1. The zero-order valence-corrected chi connectivity index (χ0v) is 16.6. The first kappa shape index (κ1) is 21.9. The third-order valence-electron chi connectivity index (χ3n) is 4.65. The number of hydrogen-bond acceptors (Lipinski definition) is 4. The van der Waals surface area contributed by atoms with E-state index in [0.717, 1.165) is 10.5 Å². The number of pyridine rings is 1. The Morgan fingerprint density at radius 2 is 1.93 bits per heavy atom. The largest absolute Gasteiger partial charge is 0.490 e. The molecule has 0 unspecified atom stereocenters. The lowest BCUT2D eigenvalue weighted by atomic mass is 10.0. The maximum Gasteiger partial charge on any atom is 0.471 e. The lowest BCUT2D eigenvalue weighted by Gasteiger charge is -2.21. The molecule has 2 aromatic rings. The second-order valence-electron chi connectivity index (χ2n) is 6.62. The van der Waals surface area contributed by atoms with Gasteiger partial charge < -0.3 is 15.0 Å². The maximum absolute atomic E-state index is 12.8. The highest BCUT2D eigenvalue weighted by Gasteiger charge is 2.42. The average Bonchev–Trinajstić information content (AvgIpc) is 2.94. The van der Waals surface area contributed by atoms with Crippen LogP contribution in [0.4, 0.5) is 13.2 Å². The smallest absolute Gasteiger partial charge is 0.471 e. The van der Waals surface area contributed by atoms with Gasteiger partial charge in [-0.15, -0.1) is 0 Å². The lowest BCUT2D eigenvalue weighted by molar-refractivity contribution is -0.185. The van der Waals surface area contributed by atoms with Gasteiger partial charge in [-0.3, -0.25) is 14.6 Å². The van der Waals surface area contributed by atoms with Gasteiger partial charge in [-0.05, 0) is 36.6 Å². The van der Waals surface area contributed by atoms with Gasteiger partial charge in [0.15, 0.2) is 0 Å². The molecule has 0 atom stereocenters. The molecular weight excluding hydrogens is 423 g/mol.